The third-order valence-corrected chi connectivity index (χ3v) is 5.78. The van der Waals surface area contributed by atoms with Crippen LogP contribution in [-0.2, 0) is 0 Å². The Morgan fingerprint density at radius 1 is 0.917 bits per heavy atom. The molecule has 7 heteroatoms. The molecule has 3 heterocycles. The first-order valence-corrected chi connectivity index (χ1v) is 11.6. The fraction of sp³-hybridized carbons (Fsp3) is 0.0690. The molecule has 0 spiro atoms. The number of fused-ring (bicyclic) bond motifs is 2. The standard InChI is InChI=1S/C29H21N3O4/c1-2-34-21-13-11-19(12-14-21)26-16-15-22(35-26)18-30-32-28(27-17-20-7-3-6-10-25(20)36-27)31-24-9-5-4-8-23(24)29(32)33/h3-18H,2H2,1H3. The van der Waals surface area contributed by atoms with Gasteiger partial charge in [-0.15, -0.1) is 0 Å². The summed E-state index contributed by atoms with van der Waals surface area (Å²) in [5.74, 6) is 2.74. The van der Waals surface area contributed by atoms with E-state index in [0.29, 0.717) is 46.2 Å². The summed E-state index contributed by atoms with van der Waals surface area (Å²) in [6.07, 6.45) is 1.50. The van der Waals surface area contributed by atoms with Gasteiger partial charge in [-0.2, -0.15) is 9.78 Å². The summed E-state index contributed by atoms with van der Waals surface area (Å²) in [4.78, 5) is 18.1. The number of benzene rings is 3. The number of ether oxygens (including phenoxy) is 1. The molecular weight excluding hydrogens is 454 g/mol. The summed E-state index contributed by atoms with van der Waals surface area (Å²) in [6, 6.07) is 28.0. The lowest BCUT2D eigenvalue weighted by Crippen LogP contribution is -2.20. The summed E-state index contributed by atoms with van der Waals surface area (Å²) in [6.45, 7) is 2.56. The molecule has 0 unspecified atom stereocenters. The fourth-order valence-electron chi connectivity index (χ4n) is 4.06. The van der Waals surface area contributed by atoms with Crippen molar-refractivity contribution in [2.75, 3.05) is 6.61 Å². The van der Waals surface area contributed by atoms with Gasteiger partial charge >= 0.3 is 0 Å². The highest BCUT2D eigenvalue weighted by Crippen LogP contribution is 2.27. The Kier molecular flexibility index (Phi) is 5.42. The van der Waals surface area contributed by atoms with Gasteiger partial charge in [0, 0.05) is 10.9 Å². The van der Waals surface area contributed by atoms with Gasteiger partial charge in [0.1, 0.15) is 22.9 Å². The van der Waals surface area contributed by atoms with Gasteiger partial charge in [0.25, 0.3) is 5.56 Å². The zero-order valence-electron chi connectivity index (χ0n) is 19.4. The number of rotatable bonds is 6. The van der Waals surface area contributed by atoms with Crippen LogP contribution in [0.5, 0.6) is 5.75 Å². The van der Waals surface area contributed by atoms with Gasteiger partial charge in [0.05, 0.1) is 23.7 Å². The minimum atomic E-state index is -0.300. The molecule has 0 atom stereocenters. The van der Waals surface area contributed by atoms with E-state index in [4.69, 9.17) is 18.6 Å². The molecule has 3 aromatic heterocycles. The molecule has 0 aliphatic rings. The minimum Gasteiger partial charge on any atom is -0.494 e. The van der Waals surface area contributed by atoms with Crippen LogP contribution in [0.4, 0.5) is 0 Å². The van der Waals surface area contributed by atoms with Crippen molar-refractivity contribution < 1.29 is 13.6 Å². The summed E-state index contributed by atoms with van der Waals surface area (Å²) in [5.41, 5.74) is 1.88. The Hall–Kier alpha value is -4.91. The molecule has 3 aromatic carbocycles. The highest BCUT2D eigenvalue weighted by molar-refractivity contribution is 5.84. The first-order valence-electron chi connectivity index (χ1n) is 11.6. The van der Waals surface area contributed by atoms with Crippen molar-refractivity contribution >= 4 is 28.1 Å². The Morgan fingerprint density at radius 3 is 2.56 bits per heavy atom. The molecule has 0 aliphatic carbocycles. The first-order chi connectivity index (χ1) is 17.7. The van der Waals surface area contributed by atoms with Crippen molar-refractivity contribution in [1.82, 2.24) is 9.66 Å². The fourth-order valence-corrected chi connectivity index (χ4v) is 4.06. The largest absolute Gasteiger partial charge is 0.494 e. The molecule has 0 fully saturated rings. The van der Waals surface area contributed by atoms with Gasteiger partial charge < -0.3 is 13.6 Å². The van der Waals surface area contributed by atoms with Gasteiger partial charge in [-0.05, 0) is 67.6 Å². The van der Waals surface area contributed by atoms with Gasteiger partial charge in [-0.1, -0.05) is 30.3 Å². The van der Waals surface area contributed by atoms with Crippen LogP contribution in [0, 0.1) is 0 Å². The van der Waals surface area contributed by atoms with E-state index in [1.165, 1.54) is 10.9 Å². The summed E-state index contributed by atoms with van der Waals surface area (Å²) in [7, 11) is 0. The predicted molar refractivity (Wildman–Crippen MR) is 140 cm³/mol. The van der Waals surface area contributed by atoms with E-state index >= 15 is 0 Å². The highest BCUT2D eigenvalue weighted by atomic mass is 16.5. The molecule has 0 radical (unpaired) electrons. The Morgan fingerprint density at radius 2 is 1.72 bits per heavy atom. The van der Waals surface area contributed by atoms with E-state index < -0.39 is 0 Å². The van der Waals surface area contributed by atoms with Crippen LogP contribution in [0.2, 0.25) is 0 Å². The Balaban J connectivity index is 1.41. The van der Waals surface area contributed by atoms with Gasteiger partial charge in [-0.25, -0.2) is 4.98 Å². The number of para-hydroxylation sites is 2. The van der Waals surface area contributed by atoms with Crippen molar-refractivity contribution in [3.05, 3.63) is 107 Å². The van der Waals surface area contributed by atoms with Gasteiger partial charge in [0.2, 0.25) is 5.82 Å². The van der Waals surface area contributed by atoms with E-state index in [9.17, 15) is 4.79 Å². The van der Waals surface area contributed by atoms with Crippen molar-refractivity contribution in [3.8, 4) is 28.7 Å². The van der Waals surface area contributed by atoms with E-state index in [1.54, 1.807) is 24.3 Å². The molecule has 0 saturated heterocycles. The maximum absolute atomic E-state index is 13.4. The summed E-state index contributed by atoms with van der Waals surface area (Å²) >= 11 is 0. The van der Waals surface area contributed by atoms with E-state index in [-0.39, 0.29) is 5.56 Å². The van der Waals surface area contributed by atoms with Crippen molar-refractivity contribution in [2.24, 2.45) is 5.10 Å². The van der Waals surface area contributed by atoms with Crippen LogP contribution >= 0.6 is 0 Å². The average Bonchev–Trinajstić information content (AvgIpc) is 3.56. The van der Waals surface area contributed by atoms with Crippen LogP contribution in [-0.4, -0.2) is 22.5 Å². The second-order valence-electron chi connectivity index (χ2n) is 8.12. The number of hydrogen-bond donors (Lipinski definition) is 0. The molecule has 0 bridgehead atoms. The molecule has 7 nitrogen and oxygen atoms in total. The highest BCUT2D eigenvalue weighted by Gasteiger charge is 2.16. The molecule has 0 aliphatic heterocycles. The van der Waals surface area contributed by atoms with Crippen LogP contribution in [0.1, 0.15) is 12.7 Å². The molecule has 0 saturated carbocycles. The number of furan rings is 2. The Bertz CT molecular complexity index is 1740. The SMILES string of the molecule is CCOc1ccc(-c2ccc(C=Nn3c(-c4cc5ccccc5o4)nc4ccccc4c3=O)o2)cc1. The van der Waals surface area contributed by atoms with Crippen molar-refractivity contribution in [3.63, 3.8) is 0 Å². The molecule has 0 N–H and O–H groups in total. The molecule has 6 rings (SSSR count). The van der Waals surface area contributed by atoms with Crippen LogP contribution in [0.3, 0.4) is 0 Å². The molecule has 176 valence electrons. The van der Waals surface area contributed by atoms with Gasteiger partial charge in [-0.3, -0.25) is 4.79 Å². The zero-order valence-corrected chi connectivity index (χ0v) is 19.4. The van der Waals surface area contributed by atoms with Crippen LogP contribution in [0.25, 0.3) is 44.8 Å². The monoisotopic (exact) mass is 475 g/mol. The average molecular weight is 476 g/mol. The molecule has 36 heavy (non-hydrogen) atoms. The summed E-state index contributed by atoms with van der Waals surface area (Å²) < 4.78 is 18.7. The maximum Gasteiger partial charge on any atom is 0.282 e. The Labute approximate surface area is 205 Å². The lowest BCUT2D eigenvalue weighted by molar-refractivity contribution is 0.340. The smallest absolute Gasteiger partial charge is 0.282 e. The quantitative estimate of drug-likeness (QED) is 0.262. The third kappa shape index (κ3) is 3.96. The van der Waals surface area contributed by atoms with Crippen molar-refractivity contribution in [2.45, 2.75) is 6.92 Å². The first kappa shape index (κ1) is 21.6. The normalized spacial score (nSPS) is 11.6. The topological polar surface area (TPSA) is 82.8 Å². The van der Waals surface area contributed by atoms with E-state index in [1.807, 2.05) is 73.7 Å². The zero-order chi connectivity index (χ0) is 24.5. The van der Waals surface area contributed by atoms with E-state index in [2.05, 4.69) is 5.10 Å². The third-order valence-electron chi connectivity index (χ3n) is 5.78. The van der Waals surface area contributed by atoms with Gasteiger partial charge in [0.15, 0.2) is 5.76 Å². The number of nitrogens with zero attached hydrogens (tertiary/aromatic N) is 3. The second-order valence-corrected chi connectivity index (χ2v) is 8.12. The molecular formula is C29H21N3O4. The van der Waals surface area contributed by atoms with Crippen LogP contribution in [0.15, 0.2) is 110 Å². The molecule has 6 aromatic rings. The van der Waals surface area contributed by atoms with E-state index in [0.717, 1.165) is 16.7 Å². The predicted octanol–water partition coefficient (Wildman–Crippen LogP) is 6.35. The number of aromatic nitrogens is 2. The van der Waals surface area contributed by atoms with Crippen molar-refractivity contribution in [1.29, 1.82) is 0 Å². The lowest BCUT2D eigenvalue weighted by atomic mass is 10.2. The molecule has 0 amide bonds. The second kappa shape index (κ2) is 9.03. The van der Waals surface area contributed by atoms with Crippen LogP contribution < -0.4 is 10.3 Å². The maximum atomic E-state index is 13.4. The lowest BCUT2D eigenvalue weighted by Gasteiger charge is -2.06. The number of hydrogen-bond acceptors (Lipinski definition) is 6. The minimum absolute atomic E-state index is 0.300. The summed E-state index contributed by atoms with van der Waals surface area (Å²) in [5, 5.41) is 5.84.